The van der Waals surface area contributed by atoms with E-state index in [0.717, 1.165) is 37.0 Å². The zero-order chi connectivity index (χ0) is 22.8. The highest BCUT2D eigenvalue weighted by Crippen LogP contribution is 2.20. The molecule has 0 radical (unpaired) electrons. The number of benzene rings is 2. The molecule has 0 spiro atoms. The van der Waals surface area contributed by atoms with Crippen molar-refractivity contribution in [1.29, 1.82) is 0 Å². The predicted molar refractivity (Wildman–Crippen MR) is 129 cm³/mol. The lowest BCUT2D eigenvalue weighted by Crippen LogP contribution is -2.51. The molecule has 1 aliphatic carbocycles. The zero-order valence-electron chi connectivity index (χ0n) is 18.8. The summed E-state index contributed by atoms with van der Waals surface area (Å²) in [6.07, 6.45) is 5.19. The number of carbonyl (C=O) groups is 2. The maximum Gasteiger partial charge on any atom is 0.243 e. The van der Waals surface area contributed by atoms with Gasteiger partial charge in [0.05, 0.1) is 0 Å². The number of halogens is 1. The van der Waals surface area contributed by atoms with E-state index in [4.69, 9.17) is 0 Å². The van der Waals surface area contributed by atoms with Crippen LogP contribution >= 0.6 is 11.8 Å². The first kappa shape index (κ1) is 24.3. The number of thioether (sulfide) groups is 1. The average Bonchev–Trinajstić information content (AvgIpc) is 3.31. The summed E-state index contributed by atoms with van der Waals surface area (Å²) in [6.45, 7) is 2.24. The van der Waals surface area contributed by atoms with Gasteiger partial charge in [0.15, 0.2) is 0 Å². The van der Waals surface area contributed by atoms with E-state index in [1.54, 1.807) is 28.8 Å². The van der Waals surface area contributed by atoms with Crippen LogP contribution < -0.4 is 5.32 Å². The SMILES string of the molecule is CCC(C(=O)NC1CCCC1)N(Cc1ccc(F)cc1)C(=O)CCSCc1ccccc1. The fourth-order valence-corrected chi connectivity index (χ4v) is 5.03. The molecule has 1 aliphatic rings. The Bertz CT molecular complexity index is 854. The number of hydrogen-bond acceptors (Lipinski definition) is 3. The Morgan fingerprint density at radius 2 is 1.75 bits per heavy atom. The highest BCUT2D eigenvalue weighted by Gasteiger charge is 2.30. The summed E-state index contributed by atoms with van der Waals surface area (Å²) in [7, 11) is 0. The van der Waals surface area contributed by atoms with E-state index in [2.05, 4.69) is 17.4 Å². The maximum absolute atomic E-state index is 13.4. The number of amides is 2. The number of nitrogens with one attached hydrogen (secondary N) is 1. The molecule has 0 heterocycles. The minimum atomic E-state index is -0.521. The van der Waals surface area contributed by atoms with E-state index in [1.165, 1.54) is 17.7 Å². The number of nitrogens with zero attached hydrogens (tertiary/aromatic N) is 1. The van der Waals surface area contributed by atoms with Gasteiger partial charge in [0.25, 0.3) is 0 Å². The van der Waals surface area contributed by atoms with Gasteiger partial charge in [-0.1, -0.05) is 62.2 Å². The van der Waals surface area contributed by atoms with Crippen molar-refractivity contribution in [3.05, 3.63) is 71.5 Å². The predicted octanol–water partition coefficient (Wildman–Crippen LogP) is 5.32. The molecule has 0 saturated heterocycles. The van der Waals surface area contributed by atoms with E-state index in [0.29, 0.717) is 25.1 Å². The first-order valence-corrected chi connectivity index (χ1v) is 12.7. The van der Waals surface area contributed by atoms with Gasteiger partial charge in [0.2, 0.25) is 11.8 Å². The molecule has 0 aromatic heterocycles. The van der Waals surface area contributed by atoms with Gasteiger partial charge in [-0.3, -0.25) is 9.59 Å². The highest BCUT2D eigenvalue weighted by atomic mass is 32.2. The van der Waals surface area contributed by atoms with Crippen molar-refractivity contribution in [2.45, 2.75) is 69.8 Å². The minimum absolute atomic E-state index is 0.0386. The monoisotopic (exact) mass is 456 g/mol. The van der Waals surface area contributed by atoms with Crippen LogP contribution in [0.25, 0.3) is 0 Å². The van der Waals surface area contributed by atoms with Crippen LogP contribution in [0, 0.1) is 5.82 Å². The lowest BCUT2D eigenvalue weighted by Gasteiger charge is -2.31. The topological polar surface area (TPSA) is 49.4 Å². The van der Waals surface area contributed by atoms with Crippen LogP contribution in [0.15, 0.2) is 54.6 Å². The Labute approximate surface area is 195 Å². The molecule has 0 aliphatic heterocycles. The molecular formula is C26H33FN2O2S. The molecule has 1 atom stereocenters. The van der Waals surface area contributed by atoms with Crippen LogP contribution in [-0.4, -0.2) is 34.6 Å². The number of carbonyl (C=O) groups excluding carboxylic acids is 2. The van der Waals surface area contributed by atoms with E-state index >= 15 is 0 Å². The standard InChI is InChI=1S/C26H33FN2O2S/c1-2-24(26(31)28-23-10-6-7-11-23)29(18-20-12-14-22(27)15-13-20)25(30)16-17-32-19-21-8-4-3-5-9-21/h3-5,8-9,12-15,23-24H,2,6-7,10-11,16-19H2,1H3,(H,28,31). The average molecular weight is 457 g/mol. The molecule has 4 nitrogen and oxygen atoms in total. The number of hydrogen-bond donors (Lipinski definition) is 1. The molecule has 1 fully saturated rings. The first-order chi connectivity index (χ1) is 15.6. The summed E-state index contributed by atoms with van der Waals surface area (Å²) >= 11 is 1.72. The Morgan fingerprint density at radius 1 is 1.06 bits per heavy atom. The zero-order valence-corrected chi connectivity index (χ0v) is 19.6. The van der Waals surface area contributed by atoms with Crippen LogP contribution in [-0.2, 0) is 21.9 Å². The Morgan fingerprint density at radius 3 is 2.41 bits per heavy atom. The summed E-state index contributed by atoms with van der Waals surface area (Å²) < 4.78 is 13.4. The van der Waals surface area contributed by atoms with Crippen molar-refractivity contribution in [2.75, 3.05) is 5.75 Å². The van der Waals surface area contributed by atoms with Crippen molar-refractivity contribution in [3.8, 4) is 0 Å². The van der Waals surface area contributed by atoms with Gasteiger partial charge in [-0.25, -0.2) is 4.39 Å². The molecule has 2 aromatic carbocycles. The quantitative estimate of drug-likeness (QED) is 0.466. The third-order valence-electron chi connectivity index (χ3n) is 5.93. The largest absolute Gasteiger partial charge is 0.352 e. The molecule has 172 valence electrons. The fraction of sp³-hybridized carbons (Fsp3) is 0.462. The Balaban J connectivity index is 1.64. The maximum atomic E-state index is 13.4. The Kier molecular flexibility index (Phi) is 9.60. The van der Waals surface area contributed by atoms with Crippen LogP contribution in [0.2, 0.25) is 0 Å². The normalized spacial score (nSPS) is 14.8. The Hall–Kier alpha value is -2.34. The van der Waals surface area contributed by atoms with Crippen LogP contribution in [0.5, 0.6) is 0 Å². The van der Waals surface area contributed by atoms with E-state index < -0.39 is 6.04 Å². The summed E-state index contributed by atoms with van der Waals surface area (Å²) in [5.74, 6) is 1.12. The lowest BCUT2D eigenvalue weighted by atomic mass is 10.1. The summed E-state index contributed by atoms with van der Waals surface area (Å²) in [6, 6.07) is 16.0. The van der Waals surface area contributed by atoms with E-state index in [1.807, 2.05) is 25.1 Å². The third-order valence-corrected chi connectivity index (χ3v) is 6.96. The van der Waals surface area contributed by atoms with Gasteiger partial charge in [-0.2, -0.15) is 11.8 Å². The number of rotatable bonds is 11. The van der Waals surface area contributed by atoms with Crippen molar-refractivity contribution < 1.29 is 14.0 Å². The molecule has 0 bridgehead atoms. The van der Waals surface area contributed by atoms with Crippen molar-refractivity contribution in [2.24, 2.45) is 0 Å². The van der Waals surface area contributed by atoms with Crippen molar-refractivity contribution in [1.82, 2.24) is 10.2 Å². The van der Waals surface area contributed by atoms with Gasteiger partial charge in [-0.15, -0.1) is 0 Å². The summed E-state index contributed by atoms with van der Waals surface area (Å²) in [5.41, 5.74) is 2.05. The molecule has 2 aromatic rings. The molecule has 2 amide bonds. The van der Waals surface area contributed by atoms with E-state index in [-0.39, 0.29) is 23.7 Å². The second-order valence-corrected chi connectivity index (χ2v) is 9.46. The van der Waals surface area contributed by atoms with Gasteiger partial charge < -0.3 is 10.2 Å². The van der Waals surface area contributed by atoms with Gasteiger partial charge in [0, 0.05) is 30.5 Å². The van der Waals surface area contributed by atoms with Gasteiger partial charge in [-0.05, 0) is 42.5 Å². The lowest BCUT2D eigenvalue weighted by molar-refractivity contribution is -0.141. The van der Waals surface area contributed by atoms with E-state index in [9.17, 15) is 14.0 Å². The highest BCUT2D eigenvalue weighted by molar-refractivity contribution is 7.98. The minimum Gasteiger partial charge on any atom is -0.352 e. The van der Waals surface area contributed by atoms with Gasteiger partial charge >= 0.3 is 0 Å². The molecule has 1 saturated carbocycles. The summed E-state index contributed by atoms with van der Waals surface area (Å²) in [4.78, 5) is 28.0. The smallest absolute Gasteiger partial charge is 0.243 e. The van der Waals surface area contributed by atoms with Crippen LogP contribution in [0.3, 0.4) is 0 Å². The molecule has 1 N–H and O–H groups in total. The van der Waals surface area contributed by atoms with Crippen molar-refractivity contribution in [3.63, 3.8) is 0 Å². The van der Waals surface area contributed by atoms with Crippen LogP contribution in [0.1, 0.15) is 56.6 Å². The first-order valence-electron chi connectivity index (χ1n) is 11.5. The molecule has 1 unspecified atom stereocenters. The fourth-order valence-electron chi connectivity index (χ4n) is 4.14. The second kappa shape index (κ2) is 12.6. The summed E-state index contributed by atoms with van der Waals surface area (Å²) in [5, 5.41) is 3.15. The van der Waals surface area contributed by atoms with Crippen LogP contribution in [0.4, 0.5) is 4.39 Å². The molecular weight excluding hydrogens is 423 g/mol. The third kappa shape index (κ3) is 7.37. The van der Waals surface area contributed by atoms with Crippen molar-refractivity contribution >= 4 is 23.6 Å². The molecule has 3 rings (SSSR count). The van der Waals surface area contributed by atoms with Gasteiger partial charge in [0.1, 0.15) is 11.9 Å². The molecule has 32 heavy (non-hydrogen) atoms. The molecule has 6 heteroatoms. The second-order valence-electron chi connectivity index (χ2n) is 8.35.